The Kier molecular flexibility index (Phi) is 5.08. The van der Waals surface area contributed by atoms with Gasteiger partial charge in [-0.05, 0) is 12.1 Å². The van der Waals surface area contributed by atoms with Crippen LogP contribution in [0.4, 0.5) is 0 Å². The van der Waals surface area contributed by atoms with E-state index in [2.05, 4.69) is 5.10 Å². The fraction of sp³-hybridized carbons (Fsp3) is 0.333. The van der Waals surface area contributed by atoms with E-state index in [0.29, 0.717) is 25.3 Å². The van der Waals surface area contributed by atoms with Crippen molar-refractivity contribution in [2.75, 3.05) is 27.3 Å². The van der Waals surface area contributed by atoms with Crippen molar-refractivity contribution in [3.05, 3.63) is 47.8 Å². The van der Waals surface area contributed by atoms with Crippen LogP contribution in [0.2, 0.25) is 0 Å². The van der Waals surface area contributed by atoms with Gasteiger partial charge in [0, 0.05) is 39.0 Å². The second-order valence-corrected chi connectivity index (χ2v) is 4.73. The maximum atomic E-state index is 12.5. The summed E-state index contributed by atoms with van der Waals surface area (Å²) in [7, 11) is 3.37. The van der Waals surface area contributed by atoms with E-state index in [1.54, 1.807) is 36.0 Å². The molecule has 0 aliphatic carbocycles. The second-order valence-electron chi connectivity index (χ2n) is 4.73. The zero-order valence-electron chi connectivity index (χ0n) is 12.3. The average molecular weight is 288 g/mol. The fourth-order valence-electron chi connectivity index (χ4n) is 1.99. The molecule has 1 amide bonds. The molecule has 0 unspecified atom stereocenters. The number of amides is 1. The summed E-state index contributed by atoms with van der Waals surface area (Å²) in [6.07, 6.45) is 3.54. The predicted molar refractivity (Wildman–Crippen MR) is 80.3 cm³/mol. The van der Waals surface area contributed by atoms with E-state index < -0.39 is 0 Å². The van der Waals surface area contributed by atoms with Gasteiger partial charge < -0.3 is 15.4 Å². The van der Waals surface area contributed by atoms with E-state index in [9.17, 15) is 4.79 Å². The molecule has 6 heteroatoms. The van der Waals surface area contributed by atoms with Crippen molar-refractivity contribution < 1.29 is 9.53 Å². The molecule has 1 aromatic heterocycles. The molecular formula is C15H20N4O2. The van der Waals surface area contributed by atoms with Gasteiger partial charge in [0.05, 0.1) is 24.1 Å². The van der Waals surface area contributed by atoms with E-state index in [1.165, 1.54) is 0 Å². The molecule has 0 spiro atoms. The van der Waals surface area contributed by atoms with Gasteiger partial charge >= 0.3 is 0 Å². The molecular weight excluding hydrogens is 268 g/mol. The largest absolute Gasteiger partial charge is 0.383 e. The predicted octanol–water partition coefficient (Wildman–Crippen LogP) is 1.05. The Labute approximate surface area is 124 Å². The summed E-state index contributed by atoms with van der Waals surface area (Å²) in [6.45, 7) is 1.46. The molecule has 6 nitrogen and oxygen atoms in total. The number of benzene rings is 1. The molecule has 1 aromatic carbocycles. The van der Waals surface area contributed by atoms with Crippen molar-refractivity contribution >= 4 is 5.91 Å². The monoisotopic (exact) mass is 288 g/mol. The van der Waals surface area contributed by atoms with Gasteiger partial charge in [-0.15, -0.1) is 0 Å². The highest BCUT2D eigenvalue weighted by molar-refractivity contribution is 5.97. The highest BCUT2D eigenvalue weighted by Gasteiger charge is 2.16. The zero-order valence-corrected chi connectivity index (χ0v) is 12.3. The van der Waals surface area contributed by atoms with E-state index in [4.69, 9.17) is 10.5 Å². The third-order valence-corrected chi connectivity index (χ3v) is 3.23. The number of aromatic nitrogens is 2. The maximum Gasteiger partial charge on any atom is 0.255 e. The maximum absolute atomic E-state index is 12.5. The molecule has 0 saturated heterocycles. The molecule has 0 bridgehead atoms. The van der Waals surface area contributed by atoms with Gasteiger partial charge in [0.1, 0.15) is 0 Å². The summed E-state index contributed by atoms with van der Waals surface area (Å²) in [5.41, 5.74) is 7.86. The molecule has 0 saturated carbocycles. The first kappa shape index (κ1) is 15.2. The van der Waals surface area contributed by atoms with Gasteiger partial charge in [-0.1, -0.05) is 12.1 Å². The summed E-state index contributed by atoms with van der Waals surface area (Å²) >= 11 is 0. The Morgan fingerprint density at radius 3 is 2.86 bits per heavy atom. The minimum atomic E-state index is -0.0625. The Morgan fingerprint density at radius 2 is 2.19 bits per heavy atom. The van der Waals surface area contributed by atoms with Crippen LogP contribution in [-0.2, 0) is 11.3 Å². The van der Waals surface area contributed by atoms with Crippen molar-refractivity contribution in [1.29, 1.82) is 0 Å². The lowest BCUT2D eigenvalue weighted by Crippen LogP contribution is -2.30. The van der Waals surface area contributed by atoms with Crippen molar-refractivity contribution in [1.82, 2.24) is 14.7 Å². The second kappa shape index (κ2) is 7.01. The van der Waals surface area contributed by atoms with Gasteiger partial charge in [-0.3, -0.25) is 4.79 Å². The summed E-state index contributed by atoms with van der Waals surface area (Å²) < 4.78 is 6.69. The number of carbonyl (C=O) groups excluding carboxylic acids is 1. The number of likely N-dealkylation sites (N-methyl/N-ethyl adjacent to an activating group) is 1. The Bertz CT molecular complexity index is 609. The first-order valence-electron chi connectivity index (χ1n) is 6.74. The van der Waals surface area contributed by atoms with Crippen molar-refractivity contribution in [2.45, 2.75) is 6.54 Å². The standard InChI is InChI=1S/C15H20N4O2/c1-18(7-8-21-2)15(20)13-5-3-4-6-14(13)19-11-12(9-16)10-17-19/h3-6,10-11H,7-9,16H2,1-2H3. The zero-order chi connectivity index (χ0) is 15.2. The van der Waals surface area contributed by atoms with Crippen LogP contribution in [0.25, 0.3) is 5.69 Å². The highest BCUT2D eigenvalue weighted by atomic mass is 16.5. The van der Waals surface area contributed by atoms with Crippen LogP contribution < -0.4 is 5.73 Å². The van der Waals surface area contributed by atoms with Gasteiger partial charge in [-0.2, -0.15) is 5.10 Å². The molecule has 2 aromatic rings. The number of hydrogen-bond donors (Lipinski definition) is 1. The van der Waals surface area contributed by atoms with E-state index in [1.807, 2.05) is 24.4 Å². The lowest BCUT2D eigenvalue weighted by atomic mass is 10.1. The number of hydrogen-bond acceptors (Lipinski definition) is 4. The van der Waals surface area contributed by atoms with Crippen LogP contribution in [0.1, 0.15) is 15.9 Å². The number of methoxy groups -OCH3 is 1. The Morgan fingerprint density at radius 1 is 1.43 bits per heavy atom. The van der Waals surface area contributed by atoms with Crippen LogP contribution >= 0.6 is 0 Å². The van der Waals surface area contributed by atoms with Gasteiger partial charge in [0.15, 0.2) is 0 Å². The number of carbonyl (C=O) groups is 1. The molecule has 0 atom stereocenters. The molecule has 2 N–H and O–H groups in total. The van der Waals surface area contributed by atoms with Crippen molar-refractivity contribution in [2.24, 2.45) is 5.73 Å². The van der Waals surface area contributed by atoms with Crippen LogP contribution in [0.15, 0.2) is 36.7 Å². The number of para-hydroxylation sites is 1. The summed E-state index contributed by atoms with van der Waals surface area (Å²) in [4.78, 5) is 14.2. The molecule has 0 aliphatic heterocycles. The van der Waals surface area contributed by atoms with Crippen molar-refractivity contribution in [3.63, 3.8) is 0 Å². The molecule has 0 aliphatic rings. The third-order valence-electron chi connectivity index (χ3n) is 3.23. The summed E-state index contributed by atoms with van der Waals surface area (Å²) in [5, 5.41) is 4.26. The average Bonchev–Trinajstić information content (AvgIpc) is 3.00. The number of ether oxygens (including phenoxy) is 1. The first-order valence-corrected chi connectivity index (χ1v) is 6.74. The Balaban J connectivity index is 2.30. The van der Waals surface area contributed by atoms with Crippen LogP contribution in [-0.4, -0.2) is 47.9 Å². The number of nitrogens with two attached hydrogens (primary N) is 1. The SMILES string of the molecule is COCCN(C)C(=O)c1ccccc1-n1cc(CN)cn1. The van der Waals surface area contributed by atoms with Crippen LogP contribution in [0.5, 0.6) is 0 Å². The van der Waals surface area contributed by atoms with Crippen LogP contribution in [0, 0.1) is 0 Å². The van der Waals surface area contributed by atoms with Gasteiger partial charge in [0.2, 0.25) is 0 Å². The molecule has 2 rings (SSSR count). The fourth-order valence-corrected chi connectivity index (χ4v) is 1.99. The molecule has 112 valence electrons. The molecule has 1 heterocycles. The lowest BCUT2D eigenvalue weighted by Gasteiger charge is -2.18. The molecule has 0 fully saturated rings. The number of nitrogens with zero attached hydrogens (tertiary/aromatic N) is 3. The molecule has 0 radical (unpaired) electrons. The normalized spacial score (nSPS) is 10.6. The van der Waals surface area contributed by atoms with Crippen LogP contribution in [0.3, 0.4) is 0 Å². The minimum absolute atomic E-state index is 0.0625. The summed E-state index contributed by atoms with van der Waals surface area (Å²) in [6, 6.07) is 7.38. The lowest BCUT2D eigenvalue weighted by molar-refractivity contribution is 0.0744. The minimum Gasteiger partial charge on any atom is -0.383 e. The van der Waals surface area contributed by atoms with E-state index in [0.717, 1.165) is 11.3 Å². The quantitative estimate of drug-likeness (QED) is 0.862. The third kappa shape index (κ3) is 3.48. The molecule has 21 heavy (non-hydrogen) atoms. The number of rotatable bonds is 6. The highest BCUT2D eigenvalue weighted by Crippen LogP contribution is 2.16. The smallest absolute Gasteiger partial charge is 0.255 e. The Hall–Kier alpha value is -2.18. The van der Waals surface area contributed by atoms with Crippen molar-refractivity contribution in [3.8, 4) is 5.69 Å². The topological polar surface area (TPSA) is 73.4 Å². The van der Waals surface area contributed by atoms with E-state index >= 15 is 0 Å². The first-order chi connectivity index (χ1) is 10.2. The van der Waals surface area contributed by atoms with E-state index in [-0.39, 0.29) is 5.91 Å². The van der Waals surface area contributed by atoms with Gasteiger partial charge in [0.25, 0.3) is 5.91 Å². The summed E-state index contributed by atoms with van der Waals surface area (Å²) in [5.74, 6) is -0.0625. The van der Waals surface area contributed by atoms with Gasteiger partial charge in [-0.25, -0.2) is 4.68 Å².